The average molecular weight is 180 g/mol. The highest BCUT2D eigenvalue weighted by atomic mass is 16.1. The average Bonchev–Trinajstić information content (AvgIpc) is 2.09. The summed E-state index contributed by atoms with van der Waals surface area (Å²) in [7, 11) is 0. The molecule has 0 heterocycles. The second kappa shape index (κ2) is 3.86. The van der Waals surface area contributed by atoms with Crippen molar-refractivity contribution in [1.29, 1.82) is 0 Å². The Morgan fingerprint density at radius 2 is 2.15 bits per heavy atom. The molecule has 0 N–H and O–H groups in total. The highest BCUT2D eigenvalue weighted by Gasteiger charge is 2.33. The van der Waals surface area contributed by atoms with Crippen LogP contribution in [0.4, 0.5) is 0 Å². The first kappa shape index (κ1) is 10.2. The Hall–Kier alpha value is -0.920. The second-order valence-electron chi connectivity index (χ2n) is 4.06. The SMILES string of the molecule is CC1=CCC(C(C)C)C(C=O)C1=O. The zero-order chi connectivity index (χ0) is 10.0. The van der Waals surface area contributed by atoms with Crippen LogP contribution in [0.25, 0.3) is 0 Å². The zero-order valence-corrected chi connectivity index (χ0v) is 8.41. The summed E-state index contributed by atoms with van der Waals surface area (Å²) in [4.78, 5) is 22.4. The number of carbonyl (C=O) groups is 2. The molecule has 0 saturated carbocycles. The van der Waals surface area contributed by atoms with E-state index in [1.165, 1.54) is 0 Å². The molecule has 1 aliphatic carbocycles. The number of ketones is 1. The molecule has 0 aromatic carbocycles. The van der Waals surface area contributed by atoms with Gasteiger partial charge in [-0.15, -0.1) is 0 Å². The summed E-state index contributed by atoms with van der Waals surface area (Å²) in [6.07, 6.45) is 3.62. The Labute approximate surface area is 79.0 Å². The summed E-state index contributed by atoms with van der Waals surface area (Å²) in [5.74, 6) is 0.210. The smallest absolute Gasteiger partial charge is 0.168 e. The maximum Gasteiger partial charge on any atom is 0.168 e. The van der Waals surface area contributed by atoms with E-state index < -0.39 is 5.92 Å². The third-order valence-electron chi connectivity index (χ3n) is 2.85. The van der Waals surface area contributed by atoms with Crippen LogP contribution in [0.2, 0.25) is 0 Å². The van der Waals surface area contributed by atoms with Gasteiger partial charge in [-0.3, -0.25) is 4.79 Å². The maximum atomic E-state index is 11.6. The van der Waals surface area contributed by atoms with Crippen molar-refractivity contribution >= 4 is 12.1 Å². The lowest BCUT2D eigenvalue weighted by Gasteiger charge is -2.28. The monoisotopic (exact) mass is 180 g/mol. The van der Waals surface area contributed by atoms with Crippen molar-refractivity contribution in [2.75, 3.05) is 0 Å². The van der Waals surface area contributed by atoms with Crippen LogP contribution in [-0.4, -0.2) is 12.1 Å². The fraction of sp³-hybridized carbons (Fsp3) is 0.636. The summed E-state index contributed by atoms with van der Waals surface area (Å²) in [6.45, 7) is 5.90. The largest absolute Gasteiger partial charge is 0.303 e. The fourth-order valence-corrected chi connectivity index (χ4v) is 1.87. The lowest BCUT2D eigenvalue weighted by Crippen LogP contribution is -2.32. The second-order valence-corrected chi connectivity index (χ2v) is 4.06. The van der Waals surface area contributed by atoms with Gasteiger partial charge < -0.3 is 4.79 Å². The molecule has 72 valence electrons. The Morgan fingerprint density at radius 3 is 2.62 bits per heavy atom. The Kier molecular flexibility index (Phi) is 3.02. The summed E-state index contributed by atoms with van der Waals surface area (Å²) < 4.78 is 0. The summed E-state index contributed by atoms with van der Waals surface area (Å²) in [6, 6.07) is 0. The van der Waals surface area contributed by atoms with Crippen molar-refractivity contribution in [1.82, 2.24) is 0 Å². The molecule has 2 nitrogen and oxygen atoms in total. The molecule has 0 spiro atoms. The standard InChI is InChI=1S/C11H16O2/c1-7(2)9-5-4-8(3)11(13)10(9)6-12/h4,6-7,9-10H,5H2,1-3H3. The molecule has 0 aliphatic heterocycles. The Morgan fingerprint density at radius 1 is 1.54 bits per heavy atom. The fourth-order valence-electron chi connectivity index (χ4n) is 1.87. The number of rotatable bonds is 2. The van der Waals surface area contributed by atoms with Gasteiger partial charge in [0.2, 0.25) is 0 Å². The van der Waals surface area contributed by atoms with Gasteiger partial charge in [0.1, 0.15) is 6.29 Å². The number of allylic oxidation sites excluding steroid dienone is 2. The Balaban J connectivity index is 2.91. The van der Waals surface area contributed by atoms with Crippen LogP contribution < -0.4 is 0 Å². The highest BCUT2D eigenvalue weighted by Crippen LogP contribution is 2.30. The molecule has 0 aromatic rings. The number of hydrogen-bond donors (Lipinski definition) is 0. The molecule has 0 saturated heterocycles. The van der Waals surface area contributed by atoms with Crippen LogP contribution in [0.15, 0.2) is 11.6 Å². The van der Waals surface area contributed by atoms with E-state index in [1.54, 1.807) is 6.92 Å². The summed E-state index contributed by atoms with van der Waals surface area (Å²) >= 11 is 0. The van der Waals surface area contributed by atoms with Gasteiger partial charge >= 0.3 is 0 Å². The van der Waals surface area contributed by atoms with E-state index in [4.69, 9.17) is 0 Å². The topological polar surface area (TPSA) is 34.1 Å². The van der Waals surface area contributed by atoms with Gasteiger partial charge in [0, 0.05) is 0 Å². The summed E-state index contributed by atoms with van der Waals surface area (Å²) in [5.41, 5.74) is 0.744. The van der Waals surface area contributed by atoms with Gasteiger partial charge in [-0.2, -0.15) is 0 Å². The van der Waals surface area contributed by atoms with Crippen LogP contribution in [-0.2, 0) is 9.59 Å². The zero-order valence-electron chi connectivity index (χ0n) is 8.41. The molecule has 2 atom stereocenters. The number of carbonyl (C=O) groups excluding carboxylic acids is 2. The van der Waals surface area contributed by atoms with Crippen molar-refractivity contribution in [2.24, 2.45) is 17.8 Å². The molecule has 0 bridgehead atoms. The van der Waals surface area contributed by atoms with E-state index >= 15 is 0 Å². The van der Waals surface area contributed by atoms with Crippen molar-refractivity contribution in [3.8, 4) is 0 Å². The van der Waals surface area contributed by atoms with Crippen molar-refractivity contribution < 1.29 is 9.59 Å². The molecule has 0 aromatic heterocycles. The maximum absolute atomic E-state index is 11.6. The van der Waals surface area contributed by atoms with Crippen molar-refractivity contribution in [3.05, 3.63) is 11.6 Å². The first-order valence-corrected chi connectivity index (χ1v) is 4.74. The van der Waals surface area contributed by atoms with E-state index in [0.717, 1.165) is 18.3 Å². The van der Waals surface area contributed by atoms with Crippen LogP contribution in [0.5, 0.6) is 0 Å². The van der Waals surface area contributed by atoms with Gasteiger partial charge in [-0.1, -0.05) is 19.9 Å². The Bertz CT molecular complexity index is 251. The molecule has 2 unspecified atom stereocenters. The van der Waals surface area contributed by atoms with Crippen molar-refractivity contribution in [2.45, 2.75) is 27.2 Å². The first-order valence-electron chi connectivity index (χ1n) is 4.74. The van der Waals surface area contributed by atoms with E-state index in [9.17, 15) is 9.59 Å². The third kappa shape index (κ3) is 1.87. The van der Waals surface area contributed by atoms with E-state index in [0.29, 0.717) is 5.92 Å². The number of hydrogen-bond acceptors (Lipinski definition) is 2. The van der Waals surface area contributed by atoms with Gasteiger partial charge in [0.05, 0.1) is 5.92 Å². The quantitative estimate of drug-likeness (QED) is 0.481. The molecule has 2 heteroatoms. The minimum absolute atomic E-state index is 0.0138. The minimum atomic E-state index is -0.398. The van der Waals surface area contributed by atoms with E-state index in [2.05, 4.69) is 13.8 Å². The van der Waals surface area contributed by atoms with Gasteiger partial charge in [-0.05, 0) is 30.8 Å². The molecule has 0 amide bonds. The normalized spacial score (nSPS) is 28.9. The van der Waals surface area contributed by atoms with Gasteiger partial charge in [-0.25, -0.2) is 0 Å². The molecule has 0 fully saturated rings. The predicted octanol–water partition coefficient (Wildman–Crippen LogP) is 1.99. The summed E-state index contributed by atoms with van der Waals surface area (Å²) in [5, 5.41) is 0. The predicted molar refractivity (Wildman–Crippen MR) is 51.3 cm³/mol. The molecule has 13 heavy (non-hydrogen) atoms. The molecule has 1 rings (SSSR count). The highest BCUT2D eigenvalue weighted by molar-refractivity contribution is 6.05. The van der Waals surface area contributed by atoms with Crippen LogP contribution >= 0.6 is 0 Å². The number of Topliss-reactive ketones (excluding diaryl/α,β-unsaturated/α-hetero) is 1. The molecular weight excluding hydrogens is 164 g/mol. The van der Waals surface area contributed by atoms with Gasteiger partial charge in [0.25, 0.3) is 0 Å². The van der Waals surface area contributed by atoms with Gasteiger partial charge in [0.15, 0.2) is 5.78 Å². The molecule has 0 radical (unpaired) electrons. The third-order valence-corrected chi connectivity index (χ3v) is 2.85. The molecular formula is C11H16O2. The van der Waals surface area contributed by atoms with Crippen LogP contribution in [0.1, 0.15) is 27.2 Å². The lowest BCUT2D eigenvalue weighted by atomic mass is 9.74. The first-order chi connectivity index (χ1) is 6.07. The molecule has 1 aliphatic rings. The lowest BCUT2D eigenvalue weighted by molar-refractivity contribution is -0.128. The number of aldehydes is 1. The van der Waals surface area contributed by atoms with E-state index in [1.807, 2.05) is 6.08 Å². The minimum Gasteiger partial charge on any atom is -0.303 e. The van der Waals surface area contributed by atoms with Crippen molar-refractivity contribution in [3.63, 3.8) is 0 Å². The van der Waals surface area contributed by atoms with E-state index in [-0.39, 0.29) is 11.7 Å². The van der Waals surface area contributed by atoms with Crippen LogP contribution in [0, 0.1) is 17.8 Å². The van der Waals surface area contributed by atoms with Crippen LogP contribution in [0.3, 0.4) is 0 Å².